The lowest BCUT2D eigenvalue weighted by Crippen LogP contribution is -2.46. The van der Waals surface area contributed by atoms with Crippen LogP contribution in [-0.4, -0.2) is 52.9 Å². The van der Waals surface area contributed by atoms with Gasteiger partial charge in [-0.25, -0.2) is 8.42 Å². The van der Waals surface area contributed by atoms with Gasteiger partial charge in [0.2, 0.25) is 0 Å². The maximum absolute atomic E-state index is 12.1. The van der Waals surface area contributed by atoms with Crippen LogP contribution in [0.2, 0.25) is 0 Å². The van der Waals surface area contributed by atoms with E-state index in [0.29, 0.717) is 6.54 Å². The van der Waals surface area contributed by atoms with E-state index in [4.69, 9.17) is 0 Å². The molecule has 130 valence electrons. The van der Waals surface area contributed by atoms with Gasteiger partial charge in [0.1, 0.15) is 0 Å². The number of rotatable bonds is 5. The first-order chi connectivity index (χ1) is 11.4. The van der Waals surface area contributed by atoms with Gasteiger partial charge in [-0.05, 0) is 32.0 Å². The molecule has 1 aromatic carbocycles. The smallest absolute Gasteiger partial charge is 0.151 e. The Bertz CT molecular complexity index is 773. The van der Waals surface area contributed by atoms with Crippen LogP contribution in [0.15, 0.2) is 36.5 Å². The van der Waals surface area contributed by atoms with Crippen LogP contribution in [0.3, 0.4) is 0 Å². The molecule has 0 bridgehead atoms. The lowest BCUT2D eigenvalue weighted by molar-refractivity contribution is 0.185. The number of sulfone groups is 1. The van der Waals surface area contributed by atoms with Crippen LogP contribution in [0.25, 0.3) is 5.69 Å². The average Bonchev–Trinajstić information content (AvgIpc) is 3.03. The molecular formula is C17H24N4O2S. The second-order valence-electron chi connectivity index (χ2n) is 6.60. The quantitative estimate of drug-likeness (QED) is 0.827. The van der Waals surface area contributed by atoms with E-state index in [9.17, 15) is 8.42 Å². The van der Waals surface area contributed by atoms with Gasteiger partial charge in [0.25, 0.3) is 0 Å². The second-order valence-corrected chi connectivity index (χ2v) is 8.86. The molecule has 0 spiro atoms. The Kier molecular flexibility index (Phi) is 5.01. The highest BCUT2D eigenvalue weighted by atomic mass is 32.2. The summed E-state index contributed by atoms with van der Waals surface area (Å²) in [4.78, 5) is 3.72. The molecule has 0 amide bonds. The normalized spacial score (nSPS) is 22.0. The third-order valence-electron chi connectivity index (χ3n) is 4.72. The van der Waals surface area contributed by atoms with Crippen molar-refractivity contribution >= 4 is 9.84 Å². The van der Waals surface area contributed by atoms with Crippen LogP contribution < -0.4 is 0 Å². The van der Waals surface area contributed by atoms with Crippen LogP contribution in [0.1, 0.15) is 31.4 Å². The molecule has 2 atom stereocenters. The van der Waals surface area contributed by atoms with E-state index in [2.05, 4.69) is 15.1 Å². The van der Waals surface area contributed by atoms with E-state index in [0.717, 1.165) is 37.1 Å². The largest absolute Gasteiger partial charge is 0.296 e. The van der Waals surface area contributed by atoms with Gasteiger partial charge in [-0.3, -0.25) is 4.90 Å². The van der Waals surface area contributed by atoms with Gasteiger partial charge in [0.05, 0.1) is 22.8 Å². The fourth-order valence-electron chi connectivity index (χ4n) is 3.51. The minimum atomic E-state index is -3.03. The van der Waals surface area contributed by atoms with Crippen molar-refractivity contribution in [1.29, 1.82) is 0 Å². The van der Waals surface area contributed by atoms with Crippen molar-refractivity contribution < 1.29 is 8.42 Å². The molecule has 1 heterocycles. The number of aromatic nitrogens is 3. The third-order valence-corrected chi connectivity index (χ3v) is 6.37. The maximum atomic E-state index is 12.1. The van der Waals surface area contributed by atoms with Crippen LogP contribution >= 0.6 is 0 Å². The molecule has 2 aromatic rings. The van der Waals surface area contributed by atoms with Crippen LogP contribution in [-0.2, 0) is 16.4 Å². The number of hydrogen-bond acceptors (Lipinski definition) is 5. The fraction of sp³-hybridized carbons (Fsp3) is 0.529. The van der Waals surface area contributed by atoms with Crippen LogP contribution in [0.4, 0.5) is 0 Å². The highest BCUT2D eigenvalue weighted by Crippen LogP contribution is 2.28. The minimum Gasteiger partial charge on any atom is -0.296 e. The Labute approximate surface area is 143 Å². The Morgan fingerprint density at radius 2 is 1.92 bits per heavy atom. The summed E-state index contributed by atoms with van der Waals surface area (Å²) in [5, 5.41) is 8.55. The molecule has 3 rings (SSSR count). The number of benzene rings is 1. The molecule has 0 N–H and O–H groups in total. The fourth-order valence-corrected chi connectivity index (χ4v) is 5.02. The highest BCUT2D eigenvalue weighted by Gasteiger charge is 2.35. The van der Waals surface area contributed by atoms with Gasteiger partial charge in [-0.1, -0.05) is 31.0 Å². The van der Waals surface area contributed by atoms with Gasteiger partial charge in [0, 0.05) is 18.8 Å². The van der Waals surface area contributed by atoms with Gasteiger partial charge >= 0.3 is 0 Å². The lowest BCUT2D eigenvalue weighted by Gasteiger charge is -2.36. The summed E-state index contributed by atoms with van der Waals surface area (Å²) in [5.41, 5.74) is 1.76. The maximum Gasteiger partial charge on any atom is 0.151 e. The average molecular weight is 348 g/mol. The predicted octanol–water partition coefficient (Wildman–Crippen LogP) is 2.05. The van der Waals surface area contributed by atoms with Crippen molar-refractivity contribution in [3.63, 3.8) is 0 Å². The molecule has 6 nitrogen and oxygen atoms in total. The van der Waals surface area contributed by atoms with Gasteiger partial charge < -0.3 is 0 Å². The standard InChI is InChI=1S/C17H24N4O2S/c1-20(16-10-6-7-11-17(16)24(2,22)23)13-14-12-18-21(19-14)15-8-4-3-5-9-15/h3-5,8-9,12,16-17H,6-7,10-11,13H2,1-2H3/t16-,17+/m1/s1. The van der Waals surface area contributed by atoms with Crippen molar-refractivity contribution in [3.05, 3.63) is 42.2 Å². The first-order valence-electron chi connectivity index (χ1n) is 8.31. The van der Waals surface area contributed by atoms with E-state index >= 15 is 0 Å². The summed E-state index contributed by atoms with van der Waals surface area (Å²) >= 11 is 0. The molecule has 24 heavy (non-hydrogen) atoms. The molecule has 0 radical (unpaired) electrons. The molecule has 0 unspecified atom stereocenters. The molecule has 1 aliphatic carbocycles. The molecule has 1 aliphatic rings. The van der Waals surface area contributed by atoms with Gasteiger partial charge in [-0.15, -0.1) is 0 Å². The summed E-state index contributed by atoms with van der Waals surface area (Å²) in [7, 11) is -1.05. The summed E-state index contributed by atoms with van der Waals surface area (Å²) < 4.78 is 24.2. The van der Waals surface area contributed by atoms with E-state index in [1.165, 1.54) is 6.26 Å². The predicted molar refractivity (Wildman–Crippen MR) is 93.7 cm³/mol. The van der Waals surface area contributed by atoms with Gasteiger partial charge in [-0.2, -0.15) is 15.0 Å². The van der Waals surface area contributed by atoms with Crippen molar-refractivity contribution in [2.45, 2.75) is 43.5 Å². The Balaban J connectivity index is 1.72. The topological polar surface area (TPSA) is 68.1 Å². The lowest BCUT2D eigenvalue weighted by atomic mass is 9.94. The molecule has 0 aliphatic heterocycles. The van der Waals surface area contributed by atoms with Crippen LogP contribution in [0, 0.1) is 0 Å². The SMILES string of the molecule is CN(Cc1cnn(-c2ccccc2)n1)[C@@H]1CCCC[C@@H]1S(C)(=O)=O. The van der Waals surface area contributed by atoms with Crippen molar-refractivity contribution in [3.8, 4) is 5.69 Å². The van der Waals surface area contributed by atoms with E-state index in [1.54, 1.807) is 11.0 Å². The summed E-state index contributed by atoms with van der Waals surface area (Å²) in [5.74, 6) is 0. The number of hydrogen-bond donors (Lipinski definition) is 0. The zero-order valence-electron chi connectivity index (χ0n) is 14.2. The first kappa shape index (κ1) is 17.1. The number of nitrogens with zero attached hydrogens (tertiary/aromatic N) is 4. The van der Waals surface area contributed by atoms with Crippen LogP contribution in [0.5, 0.6) is 0 Å². The molecular weight excluding hydrogens is 324 g/mol. The summed E-state index contributed by atoms with van der Waals surface area (Å²) in [6.45, 7) is 0.601. The zero-order chi connectivity index (χ0) is 17.2. The first-order valence-corrected chi connectivity index (χ1v) is 10.3. The van der Waals surface area contributed by atoms with Crippen molar-refractivity contribution in [2.24, 2.45) is 0 Å². The second kappa shape index (κ2) is 7.03. The molecule has 1 saturated carbocycles. The Morgan fingerprint density at radius 3 is 2.62 bits per heavy atom. The highest BCUT2D eigenvalue weighted by molar-refractivity contribution is 7.91. The van der Waals surface area contributed by atoms with E-state index in [1.807, 2.05) is 37.4 Å². The van der Waals surface area contributed by atoms with Gasteiger partial charge in [0.15, 0.2) is 9.84 Å². The Morgan fingerprint density at radius 1 is 1.21 bits per heavy atom. The molecule has 1 fully saturated rings. The van der Waals surface area contributed by atoms with Crippen molar-refractivity contribution in [2.75, 3.05) is 13.3 Å². The molecule has 1 aromatic heterocycles. The number of para-hydroxylation sites is 1. The minimum absolute atomic E-state index is 0.0515. The van der Waals surface area contributed by atoms with E-state index in [-0.39, 0.29) is 11.3 Å². The summed E-state index contributed by atoms with van der Waals surface area (Å²) in [6.07, 6.45) is 6.85. The van der Waals surface area contributed by atoms with Crippen molar-refractivity contribution in [1.82, 2.24) is 19.9 Å². The molecule has 7 heteroatoms. The summed E-state index contributed by atoms with van der Waals surface area (Å²) in [6, 6.07) is 9.81. The third kappa shape index (κ3) is 3.84. The zero-order valence-corrected chi connectivity index (χ0v) is 15.0. The monoisotopic (exact) mass is 348 g/mol. The van der Waals surface area contributed by atoms with E-state index < -0.39 is 9.84 Å². The molecule has 0 saturated heterocycles. The Hall–Kier alpha value is -1.73.